The minimum absolute atomic E-state index is 0.152. The summed E-state index contributed by atoms with van der Waals surface area (Å²) in [4.78, 5) is 13.7. The molecule has 1 aromatic rings. The number of carbonyl (C=O) groups is 1. The van der Waals surface area contributed by atoms with Gasteiger partial charge in [-0.3, -0.25) is 4.79 Å². The van der Waals surface area contributed by atoms with Crippen molar-refractivity contribution in [3.63, 3.8) is 0 Å². The van der Waals surface area contributed by atoms with Crippen molar-refractivity contribution >= 4 is 17.7 Å². The van der Waals surface area contributed by atoms with Gasteiger partial charge < -0.3 is 9.47 Å². The Balaban J connectivity index is 2.61. The summed E-state index contributed by atoms with van der Waals surface area (Å²) in [5, 5.41) is 9.08. The van der Waals surface area contributed by atoms with Gasteiger partial charge in [-0.15, -0.1) is 10.2 Å². The number of aromatic nitrogens is 3. The summed E-state index contributed by atoms with van der Waals surface area (Å²) in [6.45, 7) is 9.66. The predicted molar refractivity (Wildman–Crippen MR) is 73.7 cm³/mol. The van der Waals surface area contributed by atoms with Gasteiger partial charge in [-0.1, -0.05) is 25.6 Å². The van der Waals surface area contributed by atoms with Gasteiger partial charge in [0.05, 0.1) is 5.75 Å². The molecule has 0 unspecified atom stereocenters. The number of thioether (sulfide) groups is 1. The number of nitrogens with zero attached hydrogens (tertiary/aromatic N) is 4. The first-order chi connectivity index (χ1) is 8.51. The maximum atomic E-state index is 11.9. The van der Waals surface area contributed by atoms with E-state index in [-0.39, 0.29) is 5.91 Å². The largest absolute Gasteiger partial charge is 0.343 e. The molecule has 1 rings (SSSR count). The van der Waals surface area contributed by atoms with E-state index < -0.39 is 0 Å². The molecule has 0 bridgehead atoms. The van der Waals surface area contributed by atoms with Crippen molar-refractivity contribution in [2.75, 3.05) is 18.8 Å². The van der Waals surface area contributed by atoms with Crippen molar-refractivity contribution in [2.24, 2.45) is 7.05 Å². The molecule has 1 aromatic heterocycles. The average molecular weight is 270 g/mol. The molecular weight excluding hydrogens is 248 g/mol. The van der Waals surface area contributed by atoms with Crippen LogP contribution in [-0.4, -0.2) is 44.4 Å². The highest BCUT2D eigenvalue weighted by Gasteiger charge is 2.15. The Morgan fingerprint density at radius 3 is 2.39 bits per heavy atom. The minimum Gasteiger partial charge on any atom is -0.343 e. The van der Waals surface area contributed by atoms with Crippen LogP contribution in [0.3, 0.4) is 0 Å². The van der Waals surface area contributed by atoms with Crippen molar-refractivity contribution in [1.29, 1.82) is 0 Å². The quantitative estimate of drug-likeness (QED) is 0.741. The van der Waals surface area contributed by atoms with E-state index in [0.717, 1.165) is 24.1 Å². The molecule has 6 heteroatoms. The zero-order valence-corrected chi connectivity index (χ0v) is 12.6. The molecular formula is C12H22N4OS. The van der Waals surface area contributed by atoms with Crippen molar-refractivity contribution < 1.29 is 4.79 Å². The van der Waals surface area contributed by atoms with E-state index in [9.17, 15) is 4.79 Å². The molecule has 0 atom stereocenters. The Labute approximate surface area is 113 Å². The van der Waals surface area contributed by atoms with Gasteiger partial charge in [0.1, 0.15) is 5.82 Å². The highest BCUT2D eigenvalue weighted by Crippen LogP contribution is 2.19. The molecule has 0 spiro atoms. The van der Waals surface area contributed by atoms with Crippen LogP contribution in [0.5, 0.6) is 0 Å². The second kappa shape index (κ2) is 6.78. The first-order valence-corrected chi connectivity index (χ1v) is 7.29. The van der Waals surface area contributed by atoms with Crippen LogP contribution in [0.1, 0.15) is 39.4 Å². The molecule has 0 fully saturated rings. The van der Waals surface area contributed by atoms with Crippen LogP contribution in [0.15, 0.2) is 5.16 Å². The van der Waals surface area contributed by atoms with Crippen LogP contribution < -0.4 is 0 Å². The van der Waals surface area contributed by atoms with Crippen LogP contribution in [0, 0.1) is 0 Å². The highest BCUT2D eigenvalue weighted by atomic mass is 32.2. The van der Waals surface area contributed by atoms with Gasteiger partial charge in [-0.2, -0.15) is 0 Å². The Morgan fingerprint density at radius 2 is 1.94 bits per heavy atom. The lowest BCUT2D eigenvalue weighted by Crippen LogP contribution is -2.31. The summed E-state index contributed by atoms with van der Waals surface area (Å²) < 4.78 is 1.96. The number of amides is 1. The number of carbonyl (C=O) groups excluding carboxylic acids is 1. The molecule has 18 heavy (non-hydrogen) atoms. The maximum Gasteiger partial charge on any atom is 0.233 e. The van der Waals surface area contributed by atoms with E-state index in [1.165, 1.54) is 11.8 Å². The molecule has 0 saturated carbocycles. The van der Waals surface area contributed by atoms with E-state index in [2.05, 4.69) is 24.0 Å². The summed E-state index contributed by atoms with van der Waals surface area (Å²) >= 11 is 1.45. The van der Waals surface area contributed by atoms with Crippen molar-refractivity contribution in [1.82, 2.24) is 19.7 Å². The summed E-state index contributed by atoms with van der Waals surface area (Å²) in [5.74, 6) is 1.87. The van der Waals surface area contributed by atoms with Crippen molar-refractivity contribution in [2.45, 2.75) is 38.8 Å². The molecule has 0 aliphatic carbocycles. The van der Waals surface area contributed by atoms with Crippen molar-refractivity contribution in [3.05, 3.63) is 5.82 Å². The summed E-state index contributed by atoms with van der Waals surface area (Å²) in [6.07, 6.45) is 0. The second-order valence-corrected chi connectivity index (χ2v) is 5.35. The molecule has 102 valence electrons. The molecule has 0 aromatic carbocycles. The van der Waals surface area contributed by atoms with Gasteiger partial charge in [-0.05, 0) is 13.8 Å². The number of hydrogen-bond acceptors (Lipinski definition) is 4. The SMILES string of the molecule is CCN(CC)C(=O)CSc1nnc(C(C)C)n1C. The van der Waals surface area contributed by atoms with Gasteiger partial charge in [0.15, 0.2) is 5.16 Å². The minimum atomic E-state index is 0.152. The van der Waals surface area contributed by atoms with E-state index in [4.69, 9.17) is 0 Å². The predicted octanol–water partition coefficient (Wildman–Crippen LogP) is 1.90. The third kappa shape index (κ3) is 3.48. The molecule has 0 aliphatic heterocycles. The summed E-state index contributed by atoms with van der Waals surface area (Å²) in [5.41, 5.74) is 0. The standard InChI is InChI=1S/C12H22N4OS/c1-6-16(7-2)10(17)8-18-12-14-13-11(9(3)4)15(12)5/h9H,6-8H2,1-5H3. The first-order valence-electron chi connectivity index (χ1n) is 6.31. The lowest BCUT2D eigenvalue weighted by atomic mass is 10.2. The molecule has 5 nitrogen and oxygen atoms in total. The fourth-order valence-corrected chi connectivity index (χ4v) is 2.57. The topological polar surface area (TPSA) is 51.0 Å². The zero-order valence-electron chi connectivity index (χ0n) is 11.8. The van der Waals surface area contributed by atoms with Gasteiger partial charge in [0, 0.05) is 26.1 Å². The van der Waals surface area contributed by atoms with Crippen LogP contribution in [-0.2, 0) is 11.8 Å². The third-order valence-corrected chi connectivity index (χ3v) is 3.83. The monoisotopic (exact) mass is 270 g/mol. The number of rotatable bonds is 6. The van der Waals surface area contributed by atoms with Crippen molar-refractivity contribution in [3.8, 4) is 0 Å². The normalized spacial score (nSPS) is 11.0. The van der Waals surface area contributed by atoms with E-state index in [1.807, 2.05) is 30.4 Å². The fraction of sp³-hybridized carbons (Fsp3) is 0.750. The van der Waals surface area contributed by atoms with E-state index in [1.54, 1.807) is 0 Å². The van der Waals surface area contributed by atoms with Gasteiger partial charge in [0.2, 0.25) is 5.91 Å². The zero-order chi connectivity index (χ0) is 13.7. The molecule has 0 saturated heterocycles. The summed E-state index contributed by atoms with van der Waals surface area (Å²) in [7, 11) is 1.94. The van der Waals surface area contributed by atoms with E-state index in [0.29, 0.717) is 11.7 Å². The van der Waals surface area contributed by atoms with Gasteiger partial charge >= 0.3 is 0 Å². The van der Waals surface area contributed by atoms with Crippen LogP contribution in [0.4, 0.5) is 0 Å². The van der Waals surface area contributed by atoms with Gasteiger partial charge in [0.25, 0.3) is 0 Å². The summed E-state index contributed by atoms with van der Waals surface area (Å²) in [6, 6.07) is 0. The number of hydrogen-bond donors (Lipinski definition) is 0. The molecule has 1 amide bonds. The van der Waals surface area contributed by atoms with Crippen LogP contribution >= 0.6 is 11.8 Å². The highest BCUT2D eigenvalue weighted by molar-refractivity contribution is 7.99. The lowest BCUT2D eigenvalue weighted by molar-refractivity contribution is -0.127. The second-order valence-electron chi connectivity index (χ2n) is 4.41. The third-order valence-electron chi connectivity index (χ3n) is 2.83. The van der Waals surface area contributed by atoms with Crippen LogP contribution in [0.2, 0.25) is 0 Å². The molecule has 0 N–H and O–H groups in total. The Hall–Kier alpha value is -1.04. The fourth-order valence-electron chi connectivity index (χ4n) is 1.75. The molecule has 0 radical (unpaired) electrons. The average Bonchev–Trinajstić information content (AvgIpc) is 2.69. The van der Waals surface area contributed by atoms with Crippen LogP contribution in [0.25, 0.3) is 0 Å². The first kappa shape index (κ1) is 15.0. The Morgan fingerprint density at radius 1 is 1.33 bits per heavy atom. The smallest absolute Gasteiger partial charge is 0.233 e. The maximum absolute atomic E-state index is 11.9. The Bertz CT molecular complexity index is 399. The molecule has 1 heterocycles. The van der Waals surface area contributed by atoms with Gasteiger partial charge in [-0.25, -0.2) is 0 Å². The Kier molecular flexibility index (Phi) is 5.65. The molecule has 0 aliphatic rings. The van der Waals surface area contributed by atoms with E-state index >= 15 is 0 Å². The lowest BCUT2D eigenvalue weighted by Gasteiger charge is -2.17.